The maximum Gasteiger partial charge on any atom is 0.416 e. The molecule has 2 aromatic heterocycles. The van der Waals surface area contributed by atoms with Gasteiger partial charge < -0.3 is 16.2 Å². The second-order valence-electron chi connectivity index (χ2n) is 7.07. The zero-order valence-electron chi connectivity index (χ0n) is 16.6. The van der Waals surface area contributed by atoms with E-state index in [2.05, 4.69) is 20.4 Å². The Morgan fingerprint density at radius 2 is 1.97 bits per heavy atom. The molecule has 32 heavy (non-hydrogen) atoms. The number of carbonyl (C=O) groups is 1. The lowest BCUT2D eigenvalue weighted by Crippen LogP contribution is -2.21. The smallest absolute Gasteiger partial charge is 0.382 e. The summed E-state index contributed by atoms with van der Waals surface area (Å²) in [5, 5.41) is 17.0. The number of aliphatic hydroxyl groups is 1. The number of nitrogens with one attached hydrogen (secondary N) is 1. The Labute approximate surface area is 179 Å². The lowest BCUT2D eigenvalue weighted by atomic mass is 10.0. The van der Waals surface area contributed by atoms with Crippen LogP contribution in [0.25, 0.3) is 16.7 Å². The zero-order valence-corrected chi connectivity index (χ0v) is 16.6. The first-order chi connectivity index (χ1) is 15.1. The average molecular weight is 442 g/mol. The van der Waals surface area contributed by atoms with Crippen LogP contribution < -0.4 is 11.1 Å². The summed E-state index contributed by atoms with van der Waals surface area (Å²) in [7, 11) is 0. The molecule has 0 spiro atoms. The number of hydrogen-bond donors (Lipinski definition) is 3. The predicted molar refractivity (Wildman–Crippen MR) is 111 cm³/mol. The van der Waals surface area contributed by atoms with Crippen LogP contribution in [-0.4, -0.2) is 30.8 Å². The summed E-state index contributed by atoms with van der Waals surface area (Å²) in [6.07, 6.45) is -3.47. The van der Waals surface area contributed by atoms with Crippen molar-refractivity contribution in [3.05, 3.63) is 71.7 Å². The lowest BCUT2D eigenvalue weighted by molar-refractivity contribution is -0.138. The number of halogens is 3. The quantitative estimate of drug-likeness (QED) is 0.446. The van der Waals surface area contributed by atoms with Crippen molar-refractivity contribution in [1.82, 2.24) is 19.7 Å². The van der Waals surface area contributed by atoms with Gasteiger partial charge in [0.05, 0.1) is 17.4 Å². The average Bonchev–Trinajstić information content (AvgIpc) is 3.18. The third-order valence-corrected chi connectivity index (χ3v) is 4.86. The van der Waals surface area contributed by atoms with Crippen molar-refractivity contribution in [1.29, 1.82) is 0 Å². The molecule has 0 aliphatic rings. The normalized spacial score (nSPS) is 12.7. The number of nitrogens with zero attached hydrogens (tertiary/aromatic N) is 4. The van der Waals surface area contributed by atoms with Gasteiger partial charge in [-0.05, 0) is 48.4 Å². The Bertz CT molecular complexity index is 1320. The second-order valence-corrected chi connectivity index (χ2v) is 7.07. The van der Waals surface area contributed by atoms with Crippen molar-refractivity contribution in [3.8, 4) is 5.69 Å². The van der Waals surface area contributed by atoms with Crippen LogP contribution in [0.2, 0.25) is 0 Å². The third kappa shape index (κ3) is 3.97. The molecule has 0 aliphatic heterocycles. The van der Waals surface area contributed by atoms with Crippen LogP contribution in [0.4, 0.5) is 24.7 Å². The Hall–Kier alpha value is -3.99. The number of aliphatic hydroxyl groups excluding tert-OH is 1. The monoisotopic (exact) mass is 442 g/mol. The van der Waals surface area contributed by atoms with E-state index in [0.29, 0.717) is 28.0 Å². The minimum Gasteiger partial charge on any atom is -0.382 e. The van der Waals surface area contributed by atoms with Gasteiger partial charge in [0.15, 0.2) is 11.9 Å². The van der Waals surface area contributed by atoms with Gasteiger partial charge in [0.1, 0.15) is 17.4 Å². The highest BCUT2D eigenvalue weighted by Gasteiger charge is 2.31. The molecule has 0 fully saturated rings. The maximum absolute atomic E-state index is 12.9. The highest BCUT2D eigenvalue weighted by atomic mass is 19.4. The molecular formula is C21H17F3N6O2. The molecule has 2 heterocycles. The number of aromatic nitrogens is 4. The van der Waals surface area contributed by atoms with E-state index in [9.17, 15) is 23.1 Å². The number of nitrogen functional groups attached to an aromatic ring is 1. The van der Waals surface area contributed by atoms with Gasteiger partial charge >= 0.3 is 6.18 Å². The third-order valence-electron chi connectivity index (χ3n) is 4.86. The van der Waals surface area contributed by atoms with Crippen molar-refractivity contribution < 1.29 is 23.1 Å². The maximum atomic E-state index is 12.9. The van der Waals surface area contributed by atoms with E-state index in [1.807, 2.05) is 0 Å². The molecule has 0 saturated carbocycles. The van der Waals surface area contributed by atoms with Gasteiger partial charge in [0.2, 0.25) is 0 Å². The summed E-state index contributed by atoms with van der Waals surface area (Å²) in [6.45, 7) is 1.78. The number of aryl methyl sites for hydroxylation is 1. The fourth-order valence-corrected chi connectivity index (χ4v) is 3.29. The standard InChI is InChI=1S/C21H17F3N6O2/c1-11-7-14(5-6-16(11)30-17-15(9-28-30)26-10-27-19(17)25)29-20(32)18(31)12-3-2-4-13(8-12)21(22,23)24/h2-10,18,31H,1H3,(H,29,32)(H2,25,26,27). The van der Waals surface area contributed by atoms with Gasteiger partial charge in [-0.25, -0.2) is 14.6 Å². The van der Waals surface area contributed by atoms with Crippen molar-refractivity contribution in [2.24, 2.45) is 0 Å². The van der Waals surface area contributed by atoms with E-state index in [1.165, 1.54) is 12.4 Å². The van der Waals surface area contributed by atoms with E-state index >= 15 is 0 Å². The molecule has 4 aromatic rings. The van der Waals surface area contributed by atoms with Gasteiger partial charge in [-0.1, -0.05) is 12.1 Å². The number of anilines is 2. The molecule has 2 aromatic carbocycles. The van der Waals surface area contributed by atoms with Crippen molar-refractivity contribution in [2.75, 3.05) is 11.1 Å². The molecular weight excluding hydrogens is 425 g/mol. The summed E-state index contributed by atoms with van der Waals surface area (Å²) in [5.41, 5.74) is 7.66. The molecule has 0 bridgehead atoms. The predicted octanol–water partition coefficient (Wildman–Crippen LogP) is 3.40. The summed E-state index contributed by atoms with van der Waals surface area (Å²) < 4.78 is 40.3. The van der Waals surface area contributed by atoms with Gasteiger partial charge in [-0.3, -0.25) is 4.79 Å². The molecule has 4 N–H and O–H groups in total. The van der Waals surface area contributed by atoms with Crippen molar-refractivity contribution >= 4 is 28.4 Å². The van der Waals surface area contributed by atoms with Gasteiger partial charge in [-0.2, -0.15) is 18.3 Å². The Balaban J connectivity index is 1.57. The molecule has 4 rings (SSSR count). The highest BCUT2D eigenvalue weighted by Crippen LogP contribution is 2.31. The summed E-state index contributed by atoms with van der Waals surface area (Å²) in [4.78, 5) is 20.5. The number of nitrogens with two attached hydrogens (primary N) is 1. The molecule has 164 valence electrons. The van der Waals surface area contributed by atoms with Crippen molar-refractivity contribution in [2.45, 2.75) is 19.2 Å². The largest absolute Gasteiger partial charge is 0.416 e. The molecule has 0 saturated heterocycles. The molecule has 8 nitrogen and oxygen atoms in total. The number of hydrogen-bond acceptors (Lipinski definition) is 6. The first-order valence-corrected chi connectivity index (χ1v) is 9.36. The van der Waals surface area contributed by atoms with Gasteiger partial charge in [0.25, 0.3) is 5.91 Å². The number of amides is 1. The summed E-state index contributed by atoms with van der Waals surface area (Å²) >= 11 is 0. The molecule has 1 atom stereocenters. The van der Waals surface area contributed by atoms with E-state index < -0.39 is 23.8 Å². The van der Waals surface area contributed by atoms with Gasteiger partial charge in [-0.15, -0.1) is 0 Å². The van der Waals surface area contributed by atoms with E-state index in [1.54, 1.807) is 36.0 Å². The first kappa shape index (κ1) is 21.2. The molecule has 1 unspecified atom stereocenters. The minimum atomic E-state index is -4.58. The van der Waals surface area contributed by atoms with Crippen LogP contribution in [0, 0.1) is 6.92 Å². The molecule has 11 heteroatoms. The second kappa shape index (κ2) is 7.93. The van der Waals surface area contributed by atoms with Crippen LogP contribution >= 0.6 is 0 Å². The Morgan fingerprint density at radius 1 is 1.19 bits per heavy atom. The van der Waals surface area contributed by atoms with Crippen LogP contribution in [0.1, 0.15) is 22.8 Å². The fourth-order valence-electron chi connectivity index (χ4n) is 3.29. The Kier molecular flexibility index (Phi) is 5.26. The summed E-state index contributed by atoms with van der Waals surface area (Å²) in [5.74, 6) is -0.604. The topological polar surface area (TPSA) is 119 Å². The van der Waals surface area contributed by atoms with Crippen molar-refractivity contribution in [3.63, 3.8) is 0 Å². The van der Waals surface area contributed by atoms with Crippen LogP contribution in [-0.2, 0) is 11.0 Å². The minimum absolute atomic E-state index is 0.163. The van der Waals surface area contributed by atoms with Gasteiger partial charge in [0, 0.05) is 5.69 Å². The summed E-state index contributed by atoms with van der Waals surface area (Å²) in [6, 6.07) is 8.90. The van der Waals surface area contributed by atoms with E-state index in [-0.39, 0.29) is 11.4 Å². The van der Waals surface area contributed by atoms with Crippen LogP contribution in [0.15, 0.2) is 55.0 Å². The van der Waals surface area contributed by atoms with Crippen LogP contribution in [0.5, 0.6) is 0 Å². The first-order valence-electron chi connectivity index (χ1n) is 9.36. The van der Waals surface area contributed by atoms with E-state index in [4.69, 9.17) is 5.73 Å². The number of fused-ring (bicyclic) bond motifs is 1. The molecule has 0 aliphatic carbocycles. The highest BCUT2D eigenvalue weighted by molar-refractivity contribution is 5.95. The SMILES string of the molecule is Cc1cc(NC(=O)C(O)c2cccc(C(F)(F)F)c2)ccc1-n1ncc2ncnc(N)c21. The lowest BCUT2D eigenvalue weighted by Gasteiger charge is -2.15. The number of alkyl halides is 3. The number of rotatable bonds is 4. The number of benzene rings is 2. The number of carbonyl (C=O) groups excluding carboxylic acids is 1. The zero-order chi connectivity index (χ0) is 23.0. The molecule has 0 radical (unpaired) electrons. The van der Waals surface area contributed by atoms with Crippen LogP contribution in [0.3, 0.4) is 0 Å². The van der Waals surface area contributed by atoms with E-state index in [0.717, 1.165) is 18.2 Å². The Morgan fingerprint density at radius 3 is 2.69 bits per heavy atom. The molecule has 1 amide bonds. The fraction of sp³-hybridized carbons (Fsp3) is 0.143.